The Kier molecular flexibility index (Phi) is 3.49. The average Bonchev–Trinajstić information content (AvgIpc) is 2.89. The number of sulfonamides is 1. The molecule has 0 aliphatic carbocycles. The first-order valence-electron chi connectivity index (χ1n) is 5.00. The van der Waals surface area contributed by atoms with Crippen molar-refractivity contribution in [2.45, 2.75) is 4.21 Å². The molecule has 0 radical (unpaired) electrons. The standard InChI is InChI=1S/C10H9N3O4S2/c1-13(7-3-2-4-11-5-7)19(16,17)10-8(9(14)15)12-6-18-10/h2-6H,1H3,(H,14,15). The van der Waals surface area contributed by atoms with Gasteiger partial charge in [0.25, 0.3) is 10.0 Å². The second-order valence-corrected chi connectivity index (χ2v) is 6.50. The molecular formula is C10H9N3O4S2. The van der Waals surface area contributed by atoms with Crippen molar-refractivity contribution in [3.05, 3.63) is 35.7 Å². The number of aromatic nitrogens is 2. The Morgan fingerprint density at radius 1 is 1.47 bits per heavy atom. The second kappa shape index (κ2) is 4.94. The molecule has 0 aliphatic rings. The number of carboxylic acid groups (broad SMARTS) is 1. The van der Waals surface area contributed by atoms with E-state index in [4.69, 9.17) is 5.11 Å². The molecule has 7 nitrogen and oxygen atoms in total. The number of carboxylic acids is 1. The summed E-state index contributed by atoms with van der Waals surface area (Å²) in [6.07, 6.45) is 2.89. The zero-order chi connectivity index (χ0) is 14.0. The van der Waals surface area contributed by atoms with Crippen molar-refractivity contribution in [3.8, 4) is 0 Å². The molecule has 2 aromatic heterocycles. The molecule has 0 saturated heterocycles. The van der Waals surface area contributed by atoms with Crippen molar-refractivity contribution in [2.75, 3.05) is 11.4 Å². The van der Waals surface area contributed by atoms with Crippen LogP contribution >= 0.6 is 11.3 Å². The van der Waals surface area contributed by atoms with Gasteiger partial charge in [0, 0.05) is 13.2 Å². The molecule has 0 unspecified atom stereocenters. The number of rotatable bonds is 4. The number of aromatic carboxylic acids is 1. The molecule has 100 valence electrons. The van der Waals surface area contributed by atoms with Crippen LogP contribution in [0.15, 0.2) is 34.2 Å². The third-order valence-electron chi connectivity index (χ3n) is 2.34. The molecule has 19 heavy (non-hydrogen) atoms. The van der Waals surface area contributed by atoms with Gasteiger partial charge in [0.2, 0.25) is 0 Å². The van der Waals surface area contributed by atoms with Crippen molar-refractivity contribution >= 4 is 33.0 Å². The lowest BCUT2D eigenvalue weighted by atomic mass is 10.4. The van der Waals surface area contributed by atoms with Crippen LogP contribution < -0.4 is 4.31 Å². The van der Waals surface area contributed by atoms with Crippen molar-refractivity contribution in [2.24, 2.45) is 0 Å². The van der Waals surface area contributed by atoms with E-state index in [-0.39, 0.29) is 4.21 Å². The van der Waals surface area contributed by atoms with Crippen LogP contribution in [-0.2, 0) is 10.0 Å². The number of pyridine rings is 1. The first kappa shape index (κ1) is 13.4. The third-order valence-corrected chi connectivity index (χ3v) is 5.47. The summed E-state index contributed by atoms with van der Waals surface area (Å²) in [7, 11) is -2.62. The highest BCUT2D eigenvalue weighted by Gasteiger charge is 2.29. The van der Waals surface area contributed by atoms with Crippen LogP contribution in [0.1, 0.15) is 10.5 Å². The maximum Gasteiger partial charge on any atom is 0.356 e. The van der Waals surface area contributed by atoms with E-state index in [2.05, 4.69) is 9.97 Å². The lowest BCUT2D eigenvalue weighted by molar-refractivity contribution is 0.0687. The van der Waals surface area contributed by atoms with Crippen LogP contribution in [0.3, 0.4) is 0 Å². The van der Waals surface area contributed by atoms with E-state index < -0.39 is 21.7 Å². The van der Waals surface area contributed by atoms with Gasteiger partial charge in [0.15, 0.2) is 9.90 Å². The van der Waals surface area contributed by atoms with Gasteiger partial charge in [-0.05, 0) is 12.1 Å². The van der Waals surface area contributed by atoms with Crippen LogP contribution in [0.4, 0.5) is 5.69 Å². The Bertz CT molecular complexity index is 697. The summed E-state index contributed by atoms with van der Waals surface area (Å²) in [6, 6.07) is 3.15. The van der Waals surface area contributed by atoms with Crippen LogP contribution in [-0.4, -0.2) is 36.5 Å². The van der Waals surface area contributed by atoms with Crippen LogP contribution in [0.25, 0.3) is 0 Å². The normalized spacial score (nSPS) is 11.2. The Morgan fingerprint density at radius 3 is 2.79 bits per heavy atom. The van der Waals surface area contributed by atoms with Crippen molar-refractivity contribution < 1.29 is 18.3 Å². The Balaban J connectivity index is 2.49. The molecule has 0 aromatic carbocycles. The van der Waals surface area contributed by atoms with Gasteiger partial charge < -0.3 is 5.11 Å². The van der Waals surface area contributed by atoms with Crippen LogP contribution in [0, 0.1) is 0 Å². The molecule has 9 heteroatoms. The zero-order valence-corrected chi connectivity index (χ0v) is 11.3. The summed E-state index contributed by atoms with van der Waals surface area (Å²) in [5, 5.41) is 8.92. The van der Waals surface area contributed by atoms with Crippen molar-refractivity contribution in [1.29, 1.82) is 0 Å². The molecule has 0 atom stereocenters. The van der Waals surface area contributed by atoms with E-state index in [1.165, 1.54) is 25.0 Å². The number of thiazole rings is 1. The number of hydrogen-bond acceptors (Lipinski definition) is 6. The molecule has 2 aromatic rings. The first-order chi connectivity index (χ1) is 8.94. The van der Waals surface area contributed by atoms with Gasteiger partial charge in [-0.3, -0.25) is 9.29 Å². The highest BCUT2D eigenvalue weighted by atomic mass is 32.2. The predicted octanol–water partition coefficient (Wildman–Crippen LogP) is 1.06. The second-order valence-electron chi connectivity index (χ2n) is 3.48. The molecule has 2 heterocycles. The average molecular weight is 299 g/mol. The topological polar surface area (TPSA) is 100 Å². The van der Waals surface area contributed by atoms with Gasteiger partial charge in [-0.15, -0.1) is 11.3 Å². The molecule has 0 fully saturated rings. The molecular weight excluding hydrogens is 290 g/mol. The van der Waals surface area contributed by atoms with Gasteiger partial charge in [-0.1, -0.05) is 0 Å². The van der Waals surface area contributed by atoms with Crippen molar-refractivity contribution in [3.63, 3.8) is 0 Å². The van der Waals surface area contributed by atoms with Crippen molar-refractivity contribution in [1.82, 2.24) is 9.97 Å². The van der Waals surface area contributed by atoms with E-state index in [9.17, 15) is 13.2 Å². The van der Waals surface area contributed by atoms with Gasteiger partial charge in [-0.2, -0.15) is 0 Å². The number of carbonyl (C=O) groups is 1. The Labute approximate surface area is 113 Å². The summed E-state index contributed by atoms with van der Waals surface area (Å²) in [5.74, 6) is -1.38. The molecule has 0 saturated carbocycles. The molecule has 0 amide bonds. The fourth-order valence-corrected chi connectivity index (χ4v) is 3.84. The number of nitrogens with zero attached hydrogens (tertiary/aromatic N) is 3. The monoisotopic (exact) mass is 299 g/mol. The van der Waals surface area contributed by atoms with E-state index >= 15 is 0 Å². The minimum absolute atomic E-state index is 0.300. The molecule has 2 rings (SSSR count). The summed E-state index contributed by atoms with van der Waals surface area (Å²) < 4.78 is 25.3. The summed E-state index contributed by atoms with van der Waals surface area (Å²) in [4.78, 5) is 18.3. The fraction of sp³-hybridized carbons (Fsp3) is 0.100. The highest BCUT2D eigenvalue weighted by molar-refractivity contribution is 7.94. The minimum atomic E-state index is -3.96. The number of hydrogen-bond donors (Lipinski definition) is 1. The predicted molar refractivity (Wildman–Crippen MR) is 68.9 cm³/mol. The lowest BCUT2D eigenvalue weighted by Crippen LogP contribution is -2.27. The molecule has 1 N–H and O–H groups in total. The Morgan fingerprint density at radius 2 is 2.21 bits per heavy atom. The van der Waals surface area contributed by atoms with Gasteiger partial charge in [0.1, 0.15) is 0 Å². The Hall–Kier alpha value is -2.00. The minimum Gasteiger partial charge on any atom is -0.476 e. The molecule has 0 spiro atoms. The maximum atomic E-state index is 12.3. The van der Waals surface area contributed by atoms with E-state index in [0.717, 1.165) is 15.6 Å². The van der Waals surface area contributed by atoms with E-state index in [1.54, 1.807) is 12.1 Å². The zero-order valence-electron chi connectivity index (χ0n) is 9.72. The van der Waals surface area contributed by atoms with E-state index in [0.29, 0.717) is 5.69 Å². The summed E-state index contributed by atoms with van der Waals surface area (Å²) >= 11 is 0.766. The fourth-order valence-electron chi connectivity index (χ4n) is 1.36. The van der Waals surface area contributed by atoms with Gasteiger partial charge in [-0.25, -0.2) is 18.2 Å². The lowest BCUT2D eigenvalue weighted by Gasteiger charge is -2.17. The number of anilines is 1. The highest BCUT2D eigenvalue weighted by Crippen LogP contribution is 2.26. The van der Waals surface area contributed by atoms with Crippen LogP contribution in [0.2, 0.25) is 0 Å². The third kappa shape index (κ3) is 2.42. The SMILES string of the molecule is CN(c1cccnc1)S(=O)(=O)c1scnc1C(=O)O. The summed E-state index contributed by atoms with van der Waals surface area (Å²) in [6.45, 7) is 0. The summed E-state index contributed by atoms with van der Waals surface area (Å²) in [5.41, 5.74) is 1.06. The van der Waals surface area contributed by atoms with E-state index in [1.807, 2.05) is 0 Å². The molecule has 0 bridgehead atoms. The largest absolute Gasteiger partial charge is 0.476 e. The first-order valence-corrected chi connectivity index (χ1v) is 7.32. The molecule has 0 aliphatic heterocycles. The van der Waals surface area contributed by atoms with Crippen LogP contribution in [0.5, 0.6) is 0 Å². The quantitative estimate of drug-likeness (QED) is 0.906. The smallest absolute Gasteiger partial charge is 0.356 e. The maximum absolute atomic E-state index is 12.3. The van der Waals surface area contributed by atoms with Gasteiger partial charge in [0.05, 0.1) is 17.4 Å². The van der Waals surface area contributed by atoms with Gasteiger partial charge >= 0.3 is 5.97 Å².